The van der Waals surface area contributed by atoms with Gasteiger partial charge in [0.25, 0.3) is 0 Å². The third kappa shape index (κ3) is 2.82. The molecule has 5 aromatic rings. The van der Waals surface area contributed by atoms with E-state index in [9.17, 15) is 0 Å². The van der Waals surface area contributed by atoms with Gasteiger partial charge in [-0.25, -0.2) is 14.6 Å². The maximum atomic E-state index is 5.88. The van der Waals surface area contributed by atoms with Crippen LogP contribution in [0.15, 0.2) is 59.3 Å². The number of hydrogen-bond acceptors (Lipinski definition) is 5. The SMILES string of the molecule is CCn1nccc1-c1cc(-c2ncc(C)o2)c2c(C)nn(-c3ccccc3)c2n1. The highest BCUT2D eigenvalue weighted by molar-refractivity contribution is 5.95. The summed E-state index contributed by atoms with van der Waals surface area (Å²) < 4.78 is 9.68. The summed E-state index contributed by atoms with van der Waals surface area (Å²) in [6, 6.07) is 14.0. The molecule has 0 aliphatic carbocycles. The summed E-state index contributed by atoms with van der Waals surface area (Å²) in [5.41, 5.74) is 5.21. The standard InChI is InChI=1S/C22H20N6O/c1-4-27-19(10-11-24-27)18-12-17(22-23-13-14(2)29-22)20-15(3)26-28(21(20)25-18)16-8-6-5-7-9-16/h5-13H,4H2,1-3H3. The second kappa shape index (κ2) is 6.70. The van der Waals surface area contributed by atoms with E-state index in [0.717, 1.165) is 51.7 Å². The molecule has 4 aromatic heterocycles. The van der Waals surface area contributed by atoms with Crippen LogP contribution >= 0.6 is 0 Å². The van der Waals surface area contributed by atoms with Gasteiger partial charge < -0.3 is 4.42 Å². The van der Waals surface area contributed by atoms with Gasteiger partial charge in [-0.2, -0.15) is 10.2 Å². The number of para-hydroxylation sites is 1. The predicted molar refractivity (Wildman–Crippen MR) is 111 cm³/mol. The summed E-state index contributed by atoms with van der Waals surface area (Å²) in [6.45, 7) is 6.69. The van der Waals surface area contributed by atoms with Crippen LogP contribution in [0.25, 0.3) is 39.6 Å². The van der Waals surface area contributed by atoms with Crippen LogP contribution in [-0.4, -0.2) is 29.5 Å². The number of aromatic nitrogens is 6. The second-order valence-electron chi connectivity index (χ2n) is 6.89. The summed E-state index contributed by atoms with van der Waals surface area (Å²) in [7, 11) is 0. The molecular formula is C22H20N6O. The summed E-state index contributed by atoms with van der Waals surface area (Å²) in [5, 5.41) is 10.1. The minimum absolute atomic E-state index is 0.564. The number of aryl methyl sites for hydroxylation is 3. The predicted octanol–water partition coefficient (Wildman–Crippen LogP) is 4.58. The van der Waals surface area contributed by atoms with Crippen LogP contribution < -0.4 is 0 Å². The molecule has 1 aromatic carbocycles. The van der Waals surface area contributed by atoms with Gasteiger partial charge in [0.05, 0.1) is 39.9 Å². The first-order valence-electron chi connectivity index (χ1n) is 9.56. The van der Waals surface area contributed by atoms with Crippen molar-refractivity contribution in [3.05, 3.63) is 66.3 Å². The minimum Gasteiger partial charge on any atom is -0.441 e. The highest BCUT2D eigenvalue weighted by Gasteiger charge is 2.21. The van der Waals surface area contributed by atoms with Gasteiger partial charge in [0.2, 0.25) is 5.89 Å². The van der Waals surface area contributed by atoms with Gasteiger partial charge in [0.15, 0.2) is 5.65 Å². The zero-order valence-electron chi connectivity index (χ0n) is 16.5. The molecule has 0 fully saturated rings. The Hall–Kier alpha value is -3.74. The molecule has 0 bridgehead atoms. The zero-order chi connectivity index (χ0) is 20.0. The number of benzene rings is 1. The Balaban J connectivity index is 1.86. The first-order valence-corrected chi connectivity index (χ1v) is 9.56. The van der Waals surface area contributed by atoms with E-state index in [1.807, 2.05) is 65.7 Å². The van der Waals surface area contributed by atoms with Gasteiger partial charge >= 0.3 is 0 Å². The third-order valence-electron chi connectivity index (χ3n) is 4.94. The molecule has 4 heterocycles. The number of fused-ring (bicyclic) bond motifs is 1. The van der Waals surface area contributed by atoms with Gasteiger partial charge in [-0.15, -0.1) is 0 Å². The quantitative estimate of drug-likeness (QED) is 0.453. The Morgan fingerprint density at radius 2 is 1.90 bits per heavy atom. The molecule has 0 spiro atoms. The molecule has 29 heavy (non-hydrogen) atoms. The van der Waals surface area contributed by atoms with Crippen LogP contribution in [0.3, 0.4) is 0 Å². The Morgan fingerprint density at radius 3 is 2.62 bits per heavy atom. The fraction of sp³-hybridized carbons (Fsp3) is 0.182. The van der Waals surface area contributed by atoms with Crippen LogP contribution in [0.4, 0.5) is 0 Å². The Kier molecular flexibility index (Phi) is 4.01. The van der Waals surface area contributed by atoms with Crippen molar-refractivity contribution in [2.75, 3.05) is 0 Å². The zero-order valence-corrected chi connectivity index (χ0v) is 16.5. The first-order chi connectivity index (χ1) is 14.2. The first kappa shape index (κ1) is 17.4. The molecule has 0 saturated heterocycles. The normalized spacial score (nSPS) is 11.4. The Labute approximate surface area is 167 Å². The third-order valence-corrected chi connectivity index (χ3v) is 4.94. The molecule has 0 atom stereocenters. The van der Waals surface area contributed by atoms with E-state index in [1.165, 1.54) is 0 Å². The topological polar surface area (TPSA) is 74.6 Å². The average Bonchev–Trinajstić information content (AvgIpc) is 3.47. The molecule has 0 unspecified atom stereocenters. The van der Waals surface area contributed by atoms with Gasteiger partial charge in [-0.1, -0.05) is 18.2 Å². The monoisotopic (exact) mass is 384 g/mol. The molecule has 0 N–H and O–H groups in total. The molecule has 7 heteroatoms. The number of pyridine rings is 1. The summed E-state index contributed by atoms with van der Waals surface area (Å²) in [5.74, 6) is 1.33. The van der Waals surface area contributed by atoms with Crippen molar-refractivity contribution in [3.8, 4) is 28.5 Å². The van der Waals surface area contributed by atoms with Crippen LogP contribution in [0, 0.1) is 13.8 Å². The van der Waals surface area contributed by atoms with Gasteiger partial charge in [0.1, 0.15) is 5.76 Å². The van der Waals surface area contributed by atoms with E-state index in [1.54, 1.807) is 12.4 Å². The molecule has 7 nitrogen and oxygen atoms in total. The van der Waals surface area contributed by atoms with E-state index >= 15 is 0 Å². The lowest BCUT2D eigenvalue weighted by atomic mass is 10.1. The second-order valence-corrected chi connectivity index (χ2v) is 6.89. The molecule has 0 amide bonds. The maximum Gasteiger partial charge on any atom is 0.227 e. The van der Waals surface area contributed by atoms with Gasteiger partial charge in [0, 0.05) is 12.7 Å². The smallest absolute Gasteiger partial charge is 0.227 e. The van der Waals surface area contributed by atoms with Gasteiger partial charge in [-0.3, -0.25) is 4.68 Å². The van der Waals surface area contributed by atoms with Crippen molar-refractivity contribution >= 4 is 11.0 Å². The largest absolute Gasteiger partial charge is 0.441 e. The van der Waals surface area contributed by atoms with E-state index in [4.69, 9.17) is 14.5 Å². The van der Waals surface area contributed by atoms with Crippen molar-refractivity contribution in [1.29, 1.82) is 0 Å². The summed E-state index contributed by atoms with van der Waals surface area (Å²) in [4.78, 5) is 9.46. The fourth-order valence-corrected chi connectivity index (χ4v) is 3.62. The average molecular weight is 384 g/mol. The highest BCUT2D eigenvalue weighted by Crippen LogP contribution is 2.34. The summed E-state index contributed by atoms with van der Waals surface area (Å²) >= 11 is 0. The molecule has 0 aliphatic heterocycles. The van der Waals surface area contributed by atoms with Crippen LogP contribution in [0.5, 0.6) is 0 Å². The van der Waals surface area contributed by atoms with Crippen molar-refractivity contribution < 1.29 is 4.42 Å². The highest BCUT2D eigenvalue weighted by atomic mass is 16.4. The van der Waals surface area contributed by atoms with Crippen LogP contribution in [0.1, 0.15) is 18.4 Å². The molecule has 144 valence electrons. The number of rotatable bonds is 4. The molecular weight excluding hydrogens is 364 g/mol. The van der Waals surface area contributed by atoms with Crippen molar-refractivity contribution in [1.82, 2.24) is 29.5 Å². The number of oxazole rings is 1. The van der Waals surface area contributed by atoms with E-state index in [0.29, 0.717) is 5.89 Å². The Morgan fingerprint density at radius 1 is 1.07 bits per heavy atom. The van der Waals surface area contributed by atoms with Crippen molar-refractivity contribution in [3.63, 3.8) is 0 Å². The van der Waals surface area contributed by atoms with E-state index < -0.39 is 0 Å². The molecule has 0 radical (unpaired) electrons. The number of hydrogen-bond donors (Lipinski definition) is 0. The lowest BCUT2D eigenvalue weighted by Crippen LogP contribution is -2.02. The van der Waals surface area contributed by atoms with E-state index in [-0.39, 0.29) is 0 Å². The van der Waals surface area contributed by atoms with Crippen LogP contribution in [-0.2, 0) is 6.54 Å². The van der Waals surface area contributed by atoms with Crippen molar-refractivity contribution in [2.24, 2.45) is 0 Å². The fourth-order valence-electron chi connectivity index (χ4n) is 3.62. The van der Waals surface area contributed by atoms with Crippen molar-refractivity contribution in [2.45, 2.75) is 27.3 Å². The molecule has 0 saturated carbocycles. The summed E-state index contributed by atoms with van der Waals surface area (Å²) in [6.07, 6.45) is 3.52. The molecule has 5 rings (SSSR count). The van der Waals surface area contributed by atoms with Crippen LogP contribution in [0.2, 0.25) is 0 Å². The Bertz CT molecular complexity index is 1310. The lowest BCUT2D eigenvalue weighted by Gasteiger charge is -2.09. The maximum absolute atomic E-state index is 5.88. The minimum atomic E-state index is 0.564. The van der Waals surface area contributed by atoms with Gasteiger partial charge in [-0.05, 0) is 45.0 Å². The lowest BCUT2D eigenvalue weighted by molar-refractivity contribution is 0.543. The number of nitrogens with zero attached hydrogens (tertiary/aromatic N) is 6. The van der Waals surface area contributed by atoms with E-state index in [2.05, 4.69) is 17.0 Å². The molecule has 0 aliphatic rings.